The third-order valence-electron chi connectivity index (χ3n) is 4.79. The first kappa shape index (κ1) is 24.9. The number of unbranched alkanes of at least 4 members (excludes halogenated alkanes) is 4. The van der Waals surface area contributed by atoms with Crippen molar-refractivity contribution >= 4 is 23.6 Å². The van der Waals surface area contributed by atoms with E-state index in [4.69, 9.17) is 0 Å². The molecule has 0 radical (unpaired) electrons. The predicted molar refractivity (Wildman–Crippen MR) is 113 cm³/mol. The van der Waals surface area contributed by atoms with Crippen LogP contribution in [0.15, 0.2) is 12.2 Å². The average molecular weight is 408 g/mol. The van der Waals surface area contributed by atoms with Crippen LogP contribution in [0.2, 0.25) is 0 Å². The Hall–Kier alpha value is -2.18. The minimum absolute atomic E-state index is 0.0277. The number of carbonyl (C=O) groups excluding carboxylic acids is 4. The lowest BCUT2D eigenvalue weighted by atomic mass is 9.92. The summed E-state index contributed by atoms with van der Waals surface area (Å²) < 4.78 is 0. The topological polar surface area (TPSA) is 95.6 Å². The molecule has 0 saturated heterocycles. The van der Waals surface area contributed by atoms with Crippen LogP contribution in [0.3, 0.4) is 0 Å². The zero-order valence-electron chi connectivity index (χ0n) is 18.2. The number of carbonyl (C=O) groups is 4. The van der Waals surface area contributed by atoms with Gasteiger partial charge in [0.15, 0.2) is 0 Å². The summed E-state index contributed by atoms with van der Waals surface area (Å²) in [4.78, 5) is 47.6. The summed E-state index contributed by atoms with van der Waals surface area (Å²) in [5.41, 5.74) is 0.231. The van der Waals surface area contributed by atoms with E-state index in [-0.39, 0.29) is 29.0 Å². The molecule has 0 unspecified atom stereocenters. The molecule has 7 nitrogen and oxygen atoms in total. The van der Waals surface area contributed by atoms with Crippen molar-refractivity contribution in [2.24, 2.45) is 5.41 Å². The molecule has 0 atom stereocenters. The average Bonchev–Trinajstić information content (AvgIpc) is 2.95. The summed E-state index contributed by atoms with van der Waals surface area (Å²) in [5, 5.41) is 5.85. The molecular weight excluding hydrogens is 370 g/mol. The Morgan fingerprint density at radius 2 is 1.31 bits per heavy atom. The maximum absolute atomic E-state index is 11.8. The molecule has 1 heterocycles. The highest BCUT2D eigenvalue weighted by molar-refractivity contribution is 6.12. The molecule has 0 spiro atoms. The summed E-state index contributed by atoms with van der Waals surface area (Å²) in [7, 11) is 0. The zero-order chi connectivity index (χ0) is 21.7. The highest BCUT2D eigenvalue weighted by Gasteiger charge is 2.22. The molecule has 164 valence electrons. The Labute approximate surface area is 174 Å². The molecule has 0 saturated carbocycles. The Balaban J connectivity index is 1.91. The Kier molecular flexibility index (Phi) is 11.2. The lowest BCUT2D eigenvalue weighted by molar-refractivity contribution is -0.137. The maximum atomic E-state index is 11.8. The lowest BCUT2D eigenvalue weighted by Crippen LogP contribution is -2.30. The van der Waals surface area contributed by atoms with Crippen molar-refractivity contribution in [2.75, 3.05) is 19.6 Å². The number of nitrogens with zero attached hydrogens (tertiary/aromatic N) is 1. The van der Waals surface area contributed by atoms with Crippen molar-refractivity contribution in [2.45, 2.75) is 78.6 Å². The summed E-state index contributed by atoms with van der Waals surface area (Å²) in [6, 6.07) is 0. The summed E-state index contributed by atoms with van der Waals surface area (Å²) in [5.74, 6) is -0.378. The molecule has 1 aliphatic rings. The van der Waals surface area contributed by atoms with E-state index in [2.05, 4.69) is 31.4 Å². The molecule has 0 aromatic rings. The van der Waals surface area contributed by atoms with Gasteiger partial charge in [-0.15, -0.1) is 0 Å². The van der Waals surface area contributed by atoms with Gasteiger partial charge in [-0.3, -0.25) is 24.1 Å². The summed E-state index contributed by atoms with van der Waals surface area (Å²) in [6.07, 6.45) is 9.41. The number of hydrogen-bond donors (Lipinski definition) is 2. The smallest absolute Gasteiger partial charge is 0.253 e. The second-order valence-corrected chi connectivity index (χ2v) is 8.79. The molecule has 1 rings (SSSR count). The minimum atomic E-state index is -0.255. The number of rotatable bonds is 14. The molecule has 0 bridgehead atoms. The third kappa shape index (κ3) is 12.1. The van der Waals surface area contributed by atoms with Crippen LogP contribution < -0.4 is 10.6 Å². The van der Waals surface area contributed by atoms with Crippen LogP contribution in [0.1, 0.15) is 78.6 Å². The van der Waals surface area contributed by atoms with Gasteiger partial charge in [-0.2, -0.15) is 0 Å². The molecular formula is C22H37N3O4. The molecule has 0 aromatic carbocycles. The standard InChI is InChI=1S/C22H37N3O4/c1-22(2,3)14-16-24-19(27)10-6-4-8-15-23-18(26)11-7-5-9-17-25-20(28)12-13-21(25)29/h12-13H,4-11,14-17H2,1-3H3,(H,23,26)(H,24,27). The normalized spacial score (nSPS) is 13.8. The van der Waals surface area contributed by atoms with Crippen molar-refractivity contribution in [3.63, 3.8) is 0 Å². The summed E-state index contributed by atoms with van der Waals surface area (Å²) in [6.45, 7) is 8.24. The van der Waals surface area contributed by atoms with Gasteiger partial charge >= 0.3 is 0 Å². The van der Waals surface area contributed by atoms with Gasteiger partial charge in [-0.1, -0.05) is 33.6 Å². The van der Waals surface area contributed by atoms with Gasteiger partial charge < -0.3 is 10.6 Å². The molecule has 2 N–H and O–H groups in total. The van der Waals surface area contributed by atoms with Gasteiger partial charge in [0, 0.05) is 44.6 Å². The number of imide groups is 1. The fourth-order valence-electron chi connectivity index (χ4n) is 2.95. The van der Waals surface area contributed by atoms with E-state index in [1.165, 1.54) is 17.1 Å². The second kappa shape index (κ2) is 13.1. The van der Waals surface area contributed by atoms with E-state index >= 15 is 0 Å². The number of amides is 4. The van der Waals surface area contributed by atoms with E-state index in [1.54, 1.807) is 0 Å². The number of nitrogens with one attached hydrogen (secondary N) is 2. The van der Waals surface area contributed by atoms with Gasteiger partial charge in [-0.05, 0) is 37.5 Å². The second-order valence-electron chi connectivity index (χ2n) is 8.79. The fraction of sp³-hybridized carbons (Fsp3) is 0.727. The third-order valence-corrected chi connectivity index (χ3v) is 4.79. The first-order valence-electron chi connectivity index (χ1n) is 10.8. The SMILES string of the molecule is CC(C)(C)CCNC(=O)CCCCCNC(=O)CCCCCN1C(=O)C=CC1=O. The number of hydrogen-bond acceptors (Lipinski definition) is 4. The minimum Gasteiger partial charge on any atom is -0.356 e. The van der Waals surface area contributed by atoms with Crippen molar-refractivity contribution in [1.29, 1.82) is 0 Å². The molecule has 7 heteroatoms. The van der Waals surface area contributed by atoms with E-state index in [0.29, 0.717) is 32.4 Å². The summed E-state index contributed by atoms with van der Waals surface area (Å²) >= 11 is 0. The van der Waals surface area contributed by atoms with Gasteiger partial charge in [0.05, 0.1) is 0 Å². The van der Waals surface area contributed by atoms with Gasteiger partial charge in [0.25, 0.3) is 11.8 Å². The Morgan fingerprint density at radius 1 is 0.793 bits per heavy atom. The Bertz CT molecular complexity index is 575. The monoisotopic (exact) mass is 407 g/mol. The highest BCUT2D eigenvalue weighted by Crippen LogP contribution is 2.17. The van der Waals surface area contributed by atoms with Crippen molar-refractivity contribution in [3.8, 4) is 0 Å². The molecule has 4 amide bonds. The van der Waals surface area contributed by atoms with Crippen LogP contribution in [0, 0.1) is 5.41 Å². The molecule has 0 aromatic heterocycles. The van der Waals surface area contributed by atoms with E-state index < -0.39 is 0 Å². The van der Waals surface area contributed by atoms with Crippen LogP contribution in [0.4, 0.5) is 0 Å². The fourth-order valence-corrected chi connectivity index (χ4v) is 2.95. The molecule has 29 heavy (non-hydrogen) atoms. The predicted octanol–water partition coefficient (Wildman–Crippen LogP) is 2.70. The van der Waals surface area contributed by atoms with Crippen molar-refractivity contribution in [1.82, 2.24) is 15.5 Å². The molecule has 0 fully saturated rings. The Morgan fingerprint density at radius 3 is 1.86 bits per heavy atom. The quantitative estimate of drug-likeness (QED) is 0.342. The van der Waals surface area contributed by atoms with Crippen LogP contribution in [-0.2, 0) is 19.2 Å². The van der Waals surface area contributed by atoms with Gasteiger partial charge in [-0.25, -0.2) is 0 Å². The van der Waals surface area contributed by atoms with Crippen LogP contribution in [-0.4, -0.2) is 48.2 Å². The maximum Gasteiger partial charge on any atom is 0.253 e. The van der Waals surface area contributed by atoms with E-state index in [1.807, 2.05) is 0 Å². The van der Waals surface area contributed by atoms with Crippen molar-refractivity contribution in [3.05, 3.63) is 12.2 Å². The highest BCUT2D eigenvalue weighted by atomic mass is 16.2. The van der Waals surface area contributed by atoms with E-state index in [0.717, 1.165) is 45.1 Å². The van der Waals surface area contributed by atoms with Crippen molar-refractivity contribution < 1.29 is 19.2 Å². The molecule has 0 aliphatic carbocycles. The van der Waals surface area contributed by atoms with Crippen LogP contribution in [0.25, 0.3) is 0 Å². The van der Waals surface area contributed by atoms with Gasteiger partial charge in [0.2, 0.25) is 11.8 Å². The largest absolute Gasteiger partial charge is 0.356 e. The van der Waals surface area contributed by atoms with Gasteiger partial charge in [0.1, 0.15) is 0 Å². The molecule has 1 aliphatic heterocycles. The first-order valence-corrected chi connectivity index (χ1v) is 10.8. The first-order chi connectivity index (χ1) is 13.7. The lowest BCUT2D eigenvalue weighted by Gasteiger charge is -2.17. The zero-order valence-corrected chi connectivity index (χ0v) is 18.2. The van der Waals surface area contributed by atoms with Crippen LogP contribution >= 0.6 is 0 Å². The van der Waals surface area contributed by atoms with E-state index in [9.17, 15) is 19.2 Å². The van der Waals surface area contributed by atoms with Crippen LogP contribution in [0.5, 0.6) is 0 Å².